The van der Waals surface area contributed by atoms with E-state index in [4.69, 9.17) is 5.73 Å². The minimum atomic E-state index is -0.460. The number of nitrogens with zero attached hydrogens (tertiary/aromatic N) is 1. The molecule has 0 bridgehead atoms. The van der Waals surface area contributed by atoms with Crippen LogP contribution in [0.5, 0.6) is 0 Å². The number of hydrogen-bond donors (Lipinski definition) is 3. The third-order valence-electron chi connectivity index (χ3n) is 2.90. The van der Waals surface area contributed by atoms with Gasteiger partial charge in [-0.3, -0.25) is 10.1 Å². The van der Waals surface area contributed by atoms with Crippen molar-refractivity contribution < 1.29 is 9.59 Å². The Labute approximate surface area is 102 Å². The van der Waals surface area contributed by atoms with E-state index in [1.807, 2.05) is 0 Å². The highest BCUT2D eigenvalue weighted by molar-refractivity contribution is 5.94. The van der Waals surface area contributed by atoms with Gasteiger partial charge < -0.3 is 16.0 Å². The molecule has 6 heteroatoms. The van der Waals surface area contributed by atoms with Gasteiger partial charge in [0.2, 0.25) is 5.91 Å². The van der Waals surface area contributed by atoms with Gasteiger partial charge in [-0.2, -0.15) is 0 Å². The Morgan fingerprint density at radius 3 is 2.71 bits per heavy atom. The molecule has 0 aliphatic carbocycles. The first-order valence-electron chi connectivity index (χ1n) is 6.00. The number of carbonyl (C=O) groups is 2. The van der Waals surface area contributed by atoms with Crippen LogP contribution in [0.3, 0.4) is 0 Å². The molecule has 3 amide bonds. The molecule has 1 aliphatic heterocycles. The Morgan fingerprint density at radius 2 is 2.12 bits per heavy atom. The van der Waals surface area contributed by atoms with Crippen LogP contribution in [0, 0.1) is 5.92 Å². The molecule has 0 aromatic heterocycles. The number of piperidine rings is 1. The van der Waals surface area contributed by atoms with Crippen LogP contribution in [0.1, 0.15) is 19.8 Å². The molecule has 0 aromatic carbocycles. The van der Waals surface area contributed by atoms with E-state index < -0.39 is 6.03 Å². The highest BCUT2D eigenvalue weighted by Gasteiger charge is 2.22. The molecular weight excluding hydrogens is 220 g/mol. The van der Waals surface area contributed by atoms with Crippen molar-refractivity contribution in [1.82, 2.24) is 15.5 Å². The average Bonchev–Trinajstić information content (AvgIpc) is 2.25. The molecule has 98 valence electrons. The van der Waals surface area contributed by atoms with Gasteiger partial charge in [0.1, 0.15) is 0 Å². The molecule has 2 atom stereocenters. The van der Waals surface area contributed by atoms with E-state index in [9.17, 15) is 9.59 Å². The lowest BCUT2D eigenvalue weighted by Crippen LogP contribution is -2.47. The highest BCUT2D eigenvalue weighted by Crippen LogP contribution is 2.14. The topological polar surface area (TPSA) is 87.5 Å². The summed E-state index contributed by atoms with van der Waals surface area (Å²) in [7, 11) is 1.48. The van der Waals surface area contributed by atoms with Crippen LogP contribution in [0.4, 0.5) is 4.79 Å². The zero-order chi connectivity index (χ0) is 12.8. The number of rotatable bonds is 3. The number of hydrogen-bond acceptors (Lipinski definition) is 4. The summed E-state index contributed by atoms with van der Waals surface area (Å²) in [5.41, 5.74) is 5.92. The summed E-state index contributed by atoms with van der Waals surface area (Å²) >= 11 is 0. The van der Waals surface area contributed by atoms with E-state index in [-0.39, 0.29) is 11.9 Å². The van der Waals surface area contributed by atoms with Crippen molar-refractivity contribution in [3.8, 4) is 0 Å². The fraction of sp³-hybridized carbons (Fsp3) is 0.818. The molecule has 6 nitrogen and oxygen atoms in total. The van der Waals surface area contributed by atoms with Crippen molar-refractivity contribution in [2.75, 3.05) is 26.7 Å². The van der Waals surface area contributed by atoms with Crippen molar-refractivity contribution >= 4 is 11.9 Å². The Morgan fingerprint density at radius 1 is 1.41 bits per heavy atom. The lowest BCUT2D eigenvalue weighted by Gasteiger charge is -2.34. The summed E-state index contributed by atoms with van der Waals surface area (Å²) in [6.07, 6.45) is 1.37. The molecule has 1 rings (SSSR count). The Balaban J connectivity index is 2.25. The summed E-state index contributed by atoms with van der Waals surface area (Å²) in [4.78, 5) is 24.5. The molecule has 0 radical (unpaired) electrons. The maximum absolute atomic E-state index is 11.4. The van der Waals surface area contributed by atoms with Crippen LogP contribution in [0.15, 0.2) is 0 Å². The van der Waals surface area contributed by atoms with Gasteiger partial charge in [0.15, 0.2) is 0 Å². The Hall–Kier alpha value is -1.14. The number of nitrogens with two attached hydrogens (primary N) is 1. The van der Waals surface area contributed by atoms with Gasteiger partial charge in [-0.05, 0) is 12.3 Å². The van der Waals surface area contributed by atoms with Crippen LogP contribution in [-0.4, -0.2) is 49.6 Å². The Kier molecular flexibility index (Phi) is 5.37. The monoisotopic (exact) mass is 242 g/mol. The summed E-state index contributed by atoms with van der Waals surface area (Å²) in [6.45, 7) is 4.62. The molecule has 1 heterocycles. The summed E-state index contributed by atoms with van der Waals surface area (Å²) in [5.74, 6) is 0.317. The van der Waals surface area contributed by atoms with Gasteiger partial charge in [-0.25, -0.2) is 4.79 Å². The number of nitrogens with one attached hydrogen (secondary N) is 2. The van der Waals surface area contributed by atoms with E-state index in [1.54, 1.807) is 0 Å². The molecule has 17 heavy (non-hydrogen) atoms. The van der Waals surface area contributed by atoms with E-state index in [1.165, 1.54) is 7.05 Å². The Bertz CT molecular complexity index is 273. The van der Waals surface area contributed by atoms with Crippen LogP contribution in [0.25, 0.3) is 0 Å². The first-order chi connectivity index (χ1) is 8.01. The number of imide groups is 1. The normalized spacial score (nSPS) is 25.4. The largest absolute Gasteiger partial charge is 0.341 e. The third kappa shape index (κ3) is 5.14. The molecule has 1 saturated heterocycles. The summed E-state index contributed by atoms with van der Waals surface area (Å²) < 4.78 is 0. The standard InChI is InChI=1S/C11H22N4O2/c1-8-5-9(12)7-15(6-8)4-3-10(16)14-11(17)13-2/h8-9H,3-7,12H2,1-2H3,(H2,13,14,16,17). The number of amides is 3. The minimum absolute atomic E-state index is 0.195. The summed E-state index contributed by atoms with van der Waals surface area (Å²) in [6, 6.07) is -0.264. The first-order valence-corrected chi connectivity index (χ1v) is 6.00. The van der Waals surface area contributed by atoms with Crippen LogP contribution in [0.2, 0.25) is 0 Å². The number of likely N-dealkylation sites (tertiary alicyclic amines) is 1. The maximum atomic E-state index is 11.4. The molecule has 2 unspecified atom stereocenters. The maximum Gasteiger partial charge on any atom is 0.321 e. The minimum Gasteiger partial charge on any atom is -0.341 e. The molecule has 1 fully saturated rings. The fourth-order valence-corrected chi connectivity index (χ4v) is 2.21. The summed E-state index contributed by atoms with van der Waals surface area (Å²) in [5, 5.41) is 4.59. The van der Waals surface area contributed by atoms with Gasteiger partial charge in [0.05, 0.1) is 0 Å². The highest BCUT2D eigenvalue weighted by atomic mass is 16.2. The van der Waals surface area contributed by atoms with E-state index in [0.717, 1.165) is 19.5 Å². The van der Waals surface area contributed by atoms with Gasteiger partial charge in [0.25, 0.3) is 0 Å². The molecule has 1 aliphatic rings. The van der Waals surface area contributed by atoms with E-state index in [2.05, 4.69) is 22.5 Å². The number of carbonyl (C=O) groups excluding carboxylic acids is 2. The van der Waals surface area contributed by atoms with Crippen molar-refractivity contribution in [2.24, 2.45) is 11.7 Å². The lowest BCUT2D eigenvalue weighted by atomic mass is 9.96. The second kappa shape index (κ2) is 6.56. The molecular formula is C11H22N4O2. The van der Waals surface area contributed by atoms with E-state index in [0.29, 0.717) is 18.9 Å². The molecule has 4 N–H and O–H groups in total. The van der Waals surface area contributed by atoms with Crippen molar-refractivity contribution in [3.63, 3.8) is 0 Å². The van der Waals surface area contributed by atoms with Gasteiger partial charge in [-0.15, -0.1) is 0 Å². The van der Waals surface area contributed by atoms with Gasteiger partial charge >= 0.3 is 6.03 Å². The quantitative estimate of drug-likeness (QED) is 0.622. The van der Waals surface area contributed by atoms with Crippen LogP contribution >= 0.6 is 0 Å². The van der Waals surface area contributed by atoms with Crippen molar-refractivity contribution in [2.45, 2.75) is 25.8 Å². The molecule has 0 aromatic rings. The smallest absolute Gasteiger partial charge is 0.321 e. The van der Waals surface area contributed by atoms with Crippen molar-refractivity contribution in [1.29, 1.82) is 0 Å². The third-order valence-corrected chi connectivity index (χ3v) is 2.90. The lowest BCUT2D eigenvalue weighted by molar-refractivity contribution is -0.120. The predicted molar refractivity (Wildman–Crippen MR) is 65.4 cm³/mol. The second-order valence-corrected chi connectivity index (χ2v) is 4.74. The molecule has 0 spiro atoms. The van der Waals surface area contributed by atoms with Crippen LogP contribution in [-0.2, 0) is 4.79 Å². The zero-order valence-electron chi connectivity index (χ0n) is 10.5. The van der Waals surface area contributed by atoms with Crippen LogP contribution < -0.4 is 16.4 Å². The SMILES string of the molecule is CNC(=O)NC(=O)CCN1CC(C)CC(N)C1. The number of urea groups is 1. The fourth-order valence-electron chi connectivity index (χ4n) is 2.21. The molecule has 0 saturated carbocycles. The first kappa shape index (κ1) is 13.9. The van der Waals surface area contributed by atoms with E-state index >= 15 is 0 Å². The average molecular weight is 242 g/mol. The van der Waals surface area contributed by atoms with Gasteiger partial charge in [-0.1, -0.05) is 6.92 Å². The zero-order valence-corrected chi connectivity index (χ0v) is 10.5. The predicted octanol–water partition coefficient (Wildman–Crippen LogP) is -0.499. The van der Waals surface area contributed by atoms with Crippen molar-refractivity contribution in [3.05, 3.63) is 0 Å². The second-order valence-electron chi connectivity index (χ2n) is 4.74. The van der Waals surface area contributed by atoms with Gasteiger partial charge in [0, 0.05) is 39.1 Å².